The summed E-state index contributed by atoms with van der Waals surface area (Å²) >= 11 is 5.60. The molecule has 0 radical (unpaired) electrons. The van der Waals surface area contributed by atoms with Gasteiger partial charge in [0, 0.05) is 19.3 Å². The number of alkyl halides is 3. The van der Waals surface area contributed by atoms with Crippen molar-refractivity contribution in [2.75, 3.05) is 11.9 Å². The quantitative estimate of drug-likeness (QED) is 0.908. The van der Waals surface area contributed by atoms with Crippen molar-refractivity contribution in [2.24, 2.45) is 0 Å². The molecule has 1 aliphatic heterocycles. The van der Waals surface area contributed by atoms with E-state index in [4.69, 9.17) is 11.6 Å². The maximum atomic E-state index is 13.0. The minimum atomic E-state index is -4.52. The van der Waals surface area contributed by atoms with Crippen molar-refractivity contribution in [1.82, 2.24) is 20.1 Å². The van der Waals surface area contributed by atoms with Crippen molar-refractivity contribution in [2.45, 2.75) is 25.8 Å². The summed E-state index contributed by atoms with van der Waals surface area (Å²) in [6, 6.07) is 2.72. The third kappa shape index (κ3) is 3.17. The Kier molecular flexibility index (Phi) is 3.96. The number of rotatable bonds is 3. The Bertz CT molecular complexity index is 659. The lowest BCUT2D eigenvalue weighted by atomic mass is 10.2. The van der Waals surface area contributed by atoms with E-state index in [0.717, 1.165) is 24.8 Å². The van der Waals surface area contributed by atoms with E-state index >= 15 is 0 Å². The third-order valence-corrected chi connectivity index (χ3v) is 3.52. The highest BCUT2D eigenvalue weighted by atomic mass is 35.5. The fourth-order valence-electron chi connectivity index (χ4n) is 2.31. The second-order valence-electron chi connectivity index (χ2n) is 4.93. The minimum Gasteiger partial charge on any atom is -0.364 e. The zero-order valence-corrected chi connectivity index (χ0v) is 12.2. The molecule has 118 valence electrons. The van der Waals surface area contributed by atoms with Gasteiger partial charge in [0.15, 0.2) is 0 Å². The molecule has 0 aromatic carbocycles. The van der Waals surface area contributed by atoms with E-state index in [1.165, 1.54) is 6.20 Å². The van der Waals surface area contributed by atoms with Gasteiger partial charge in [-0.3, -0.25) is 4.68 Å². The number of pyridine rings is 1. The molecule has 0 amide bonds. The number of nitrogens with one attached hydrogen (secondary N) is 2. The van der Waals surface area contributed by atoms with Crippen LogP contribution in [0.1, 0.15) is 17.0 Å². The molecular weight excluding hydrogens is 319 g/mol. The monoisotopic (exact) mass is 331 g/mol. The number of fused-ring (bicyclic) bond motifs is 1. The molecular formula is C13H13ClF3N5. The van der Waals surface area contributed by atoms with E-state index in [1.54, 1.807) is 0 Å². The Morgan fingerprint density at radius 3 is 2.91 bits per heavy atom. The van der Waals surface area contributed by atoms with E-state index in [2.05, 4.69) is 20.7 Å². The van der Waals surface area contributed by atoms with Gasteiger partial charge >= 0.3 is 6.18 Å². The van der Waals surface area contributed by atoms with Gasteiger partial charge in [-0.2, -0.15) is 18.3 Å². The number of anilines is 1. The fourth-order valence-corrected chi connectivity index (χ4v) is 2.47. The second kappa shape index (κ2) is 5.77. The lowest BCUT2D eigenvalue weighted by molar-refractivity contribution is -0.137. The molecule has 0 aliphatic carbocycles. The normalized spacial score (nSPS) is 14.7. The average Bonchev–Trinajstić information content (AvgIpc) is 2.87. The van der Waals surface area contributed by atoms with Crippen LogP contribution in [-0.2, 0) is 25.8 Å². The summed E-state index contributed by atoms with van der Waals surface area (Å²) in [5, 5.41) is 10.2. The lowest BCUT2D eigenvalue weighted by Gasteiger charge is -2.13. The molecule has 5 nitrogen and oxygen atoms in total. The standard InChI is InChI=1S/C13H13ClF3N5/c14-8-3-11(13(15,16)17)12(19-5-8)20-6-9-4-10-7-18-1-2-22(10)21-9/h3-5,18H,1-2,6-7H2,(H,19,20). The van der Waals surface area contributed by atoms with Crippen LogP contribution in [0, 0.1) is 0 Å². The average molecular weight is 332 g/mol. The molecule has 3 heterocycles. The summed E-state index contributed by atoms with van der Waals surface area (Å²) in [5.41, 5.74) is 0.803. The Labute approximate surface area is 129 Å². The molecule has 2 N–H and O–H groups in total. The Hall–Kier alpha value is -1.80. The molecule has 1 aliphatic rings. The van der Waals surface area contributed by atoms with Gasteiger partial charge < -0.3 is 10.6 Å². The maximum Gasteiger partial charge on any atom is 0.420 e. The van der Waals surface area contributed by atoms with E-state index in [1.807, 2.05) is 10.7 Å². The Balaban J connectivity index is 1.78. The first kappa shape index (κ1) is 15.1. The number of aromatic nitrogens is 3. The molecule has 9 heteroatoms. The SMILES string of the molecule is FC(F)(F)c1cc(Cl)cnc1NCc1cc2n(n1)CCNC2. The van der Waals surface area contributed by atoms with Crippen molar-refractivity contribution < 1.29 is 13.2 Å². The molecule has 2 aromatic heterocycles. The van der Waals surface area contributed by atoms with Crippen LogP contribution in [-0.4, -0.2) is 21.3 Å². The summed E-state index contributed by atoms with van der Waals surface area (Å²) in [6.07, 6.45) is -3.33. The molecule has 3 rings (SSSR count). The second-order valence-corrected chi connectivity index (χ2v) is 5.36. The van der Waals surface area contributed by atoms with Crippen LogP contribution in [0.2, 0.25) is 5.02 Å². The highest BCUT2D eigenvalue weighted by molar-refractivity contribution is 6.30. The number of halogens is 4. The van der Waals surface area contributed by atoms with E-state index < -0.39 is 11.7 Å². The minimum absolute atomic E-state index is 0.0543. The molecule has 0 bridgehead atoms. The van der Waals surface area contributed by atoms with Crippen LogP contribution in [0.3, 0.4) is 0 Å². The Morgan fingerprint density at radius 2 is 2.18 bits per heavy atom. The van der Waals surface area contributed by atoms with Crippen molar-refractivity contribution in [3.05, 3.63) is 40.3 Å². The van der Waals surface area contributed by atoms with Crippen molar-refractivity contribution >= 4 is 17.4 Å². The van der Waals surface area contributed by atoms with Gasteiger partial charge in [0.05, 0.1) is 35.1 Å². The van der Waals surface area contributed by atoms with Gasteiger partial charge in [-0.1, -0.05) is 11.6 Å². The molecule has 2 aromatic rings. The topological polar surface area (TPSA) is 54.8 Å². The summed E-state index contributed by atoms with van der Waals surface area (Å²) in [6.45, 7) is 2.46. The van der Waals surface area contributed by atoms with Gasteiger partial charge in [0.1, 0.15) is 5.82 Å². The predicted octanol–water partition coefficient (Wildman–Crippen LogP) is 2.67. The molecule has 0 fully saturated rings. The summed E-state index contributed by atoms with van der Waals surface area (Å²) in [7, 11) is 0. The van der Waals surface area contributed by atoms with Crippen molar-refractivity contribution in [3.63, 3.8) is 0 Å². The Morgan fingerprint density at radius 1 is 1.36 bits per heavy atom. The first-order valence-electron chi connectivity index (χ1n) is 6.66. The summed E-state index contributed by atoms with van der Waals surface area (Å²) < 4.78 is 40.8. The van der Waals surface area contributed by atoms with Gasteiger partial charge in [0.2, 0.25) is 0 Å². The summed E-state index contributed by atoms with van der Waals surface area (Å²) in [5.74, 6) is -0.249. The zero-order chi connectivity index (χ0) is 15.7. The van der Waals surface area contributed by atoms with Crippen molar-refractivity contribution in [3.8, 4) is 0 Å². The lowest BCUT2D eigenvalue weighted by Crippen LogP contribution is -2.28. The molecule has 0 atom stereocenters. The first-order valence-corrected chi connectivity index (χ1v) is 7.04. The molecule has 0 unspecified atom stereocenters. The largest absolute Gasteiger partial charge is 0.420 e. The smallest absolute Gasteiger partial charge is 0.364 e. The molecule has 22 heavy (non-hydrogen) atoms. The molecule has 0 spiro atoms. The van der Waals surface area contributed by atoms with E-state index in [9.17, 15) is 13.2 Å². The predicted molar refractivity (Wildman–Crippen MR) is 75.5 cm³/mol. The number of hydrogen-bond acceptors (Lipinski definition) is 4. The molecule has 0 saturated heterocycles. The van der Waals surface area contributed by atoms with Crippen LogP contribution in [0.5, 0.6) is 0 Å². The van der Waals surface area contributed by atoms with Gasteiger partial charge in [-0.05, 0) is 12.1 Å². The van der Waals surface area contributed by atoms with E-state index in [0.29, 0.717) is 12.2 Å². The van der Waals surface area contributed by atoms with Gasteiger partial charge in [-0.25, -0.2) is 4.98 Å². The van der Waals surface area contributed by atoms with Crippen LogP contribution in [0.4, 0.5) is 19.0 Å². The van der Waals surface area contributed by atoms with Crippen LogP contribution >= 0.6 is 11.6 Å². The summed E-state index contributed by atoms with van der Waals surface area (Å²) in [4.78, 5) is 3.73. The van der Waals surface area contributed by atoms with Crippen molar-refractivity contribution in [1.29, 1.82) is 0 Å². The molecule has 0 saturated carbocycles. The van der Waals surface area contributed by atoms with Crippen LogP contribution in [0.15, 0.2) is 18.3 Å². The maximum absolute atomic E-state index is 13.0. The third-order valence-electron chi connectivity index (χ3n) is 3.32. The number of hydrogen-bond donors (Lipinski definition) is 2. The van der Waals surface area contributed by atoms with Crippen LogP contribution < -0.4 is 10.6 Å². The highest BCUT2D eigenvalue weighted by Crippen LogP contribution is 2.35. The fraction of sp³-hybridized carbons (Fsp3) is 0.385. The van der Waals surface area contributed by atoms with Gasteiger partial charge in [0.25, 0.3) is 0 Å². The van der Waals surface area contributed by atoms with Crippen LogP contribution in [0.25, 0.3) is 0 Å². The highest BCUT2D eigenvalue weighted by Gasteiger charge is 2.34. The number of nitrogens with zero attached hydrogens (tertiary/aromatic N) is 3. The van der Waals surface area contributed by atoms with E-state index in [-0.39, 0.29) is 17.4 Å². The first-order chi connectivity index (χ1) is 10.4. The van der Waals surface area contributed by atoms with Gasteiger partial charge in [-0.15, -0.1) is 0 Å². The zero-order valence-electron chi connectivity index (χ0n) is 11.4.